The van der Waals surface area contributed by atoms with E-state index in [1.54, 1.807) is 13.3 Å². The van der Waals surface area contributed by atoms with Gasteiger partial charge in [0, 0.05) is 39.0 Å². The molecule has 2 aromatic rings. The molecule has 0 bridgehead atoms. The molecule has 2 heterocycles. The second kappa shape index (κ2) is 6.75. The van der Waals surface area contributed by atoms with E-state index in [0.29, 0.717) is 26.1 Å². The third-order valence-electron chi connectivity index (χ3n) is 2.71. The van der Waals surface area contributed by atoms with Gasteiger partial charge in [-0.05, 0) is 12.1 Å². The van der Waals surface area contributed by atoms with Crippen LogP contribution in [0.5, 0.6) is 0 Å². The number of fused-ring (bicyclic) bond motifs is 1. The van der Waals surface area contributed by atoms with Gasteiger partial charge in [-0.15, -0.1) is 0 Å². The predicted octanol–water partition coefficient (Wildman–Crippen LogP) is 0.899. The average molecular weight is 262 g/mol. The third-order valence-corrected chi connectivity index (χ3v) is 2.71. The number of rotatable bonds is 7. The number of aromatic nitrogens is 2. The molecule has 0 aliphatic carbocycles. The highest BCUT2D eigenvalue weighted by atomic mass is 16.5. The second-order valence-corrected chi connectivity index (χ2v) is 4.09. The second-order valence-electron chi connectivity index (χ2n) is 4.09. The highest BCUT2D eigenvalue weighted by Crippen LogP contribution is 2.10. The molecule has 102 valence electrons. The summed E-state index contributed by atoms with van der Waals surface area (Å²) in [6, 6.07) is 5.82. The van der Waals surface area contributed by atoms with E-state index in [9.17, 15) is 4.79 Å². The molecule has 0 unspecified atom stereocenters. The molecule has 0 aliphatic rings. The smallest absolute Gasteiger partial charge is 0.221 e. The first kappa shape index (κ1) is 13.4. The van der Waals surface area contributed by atoms with Crippen LogP contribution >= 0.6 is 0 Å². The largest absolute Gasteiger partial charge is 0.383 e. The van der Waals surface area contributed by atoms with Gasteiger partial charge in [0.2, 0.25) is 5.91 Å². The molecule has 0 fully saturated rings. The predicted molar refractivity (Wildman–Crippen MR) is 73.2 cm³/mol. The van der Waals surface area contributed by atoms with Crippen molar-refractivity contribution in [3.05, 3.63) is 30.6 Å². The zero-order valence-electron chi connectivity index (χ0n) is 10.9. The molecule has 0 saturated heterocycles. The fourth-order valence-electron chi connectivity index (χ4n) is 1.78. The number of carbonyl (C=O) groups is 1. The Hall–Kier alpha value is -2.08. The number of carbonyl (C=O) groups excluding carboxylic acids is 1. The number of imidazole rings is 1. The van der Waals surface area contributed by atoms with Gasteiger partial charge in [-0.2, -0.15) is 0 Å². The molecule has 0 spiro atoms. The van der Waals surface area contributed by atoms with Gasteiger partial charge in [-0.25, -0.2) is 4.98 Å². The van der Waals surface area contributed by atoms with Crippen LogP contribution in [0.3, 0.4) is 0 Å². The summed E-state index contributed by atoms with van der Waals surface area (Å²) in [6.45, 7) is 1.66. The molecule has 19 heavy (non-hydrogen) atoms. The highest BCUT2D eigenvalue weighted by molar-refractivity contribution is 5.76. The lowest BCUT2D eigenvalue weighted by molar-refractivity contribution is -0.121. The molecule has 6 nitrogen and oxygen atoms in total. The Balaban J connectivity index is 1.79. The number of ether oxygens (including phenoxy) is 1. The van der Waals surface area contributed by atoms with Crippen LogP contribution in [-0.2, 0) is 9.53 Å². The molecule has 0 radical (unpaired) electrons. The lowest BCUT2D eigenvalue weighted by atomic mass is 10.3. The molecule has 6 heteroatoms. The van der Waals surface area contributed by atoms with Gasteiger partial charge in [-0.3, -0.25) is 9.20 Å². The summed E-state index contributed by atoms with van der Waals surface area (Å²) in [5, 5.41) is 6.00. The first-order valence-electron chi connectivity index (χ1n) is 6.23. The van der Waals surface area contributed by atoms with Crippen LogP contribution in [0.4, 0.5) is 5.82 Å². The van der Waals surface area contributed by atoms with E-state index in [0.717, 1.165) is 11.5 Å². The molecule has 0 aromatic carbocycles. The molecular weight excluding hydrogens is 244 g/mol. The van der Waals surface area contributed by atoms with Crippen molar-refractivity contribution in [2.45, 2.75) is 6.42 Å². The topological polar surface area (TPSA) is 67.7 Å². The number of nitrogens with one attached hydrogen (secondary N) is 2. The molecule has 2 aromatic heterocycles. The van der Waals surface area contributed by atoms with E-state index in [4.69, 9.17) is 4.74 Å². The SMILES string of the molecule is COCCNC(=O)CCNc1cccc2nccn12. The van der Waals surface area contributed by atoms with Crippen molar-refractivity contribution >= 4 is 17.4 Å². The van der Waals surface area contributed by atoms with Crippen molar-refractivity contribution in [1.82, 2.24) is 14.7 Å². The van der Waals surface area contributed by atoms with Gasteiger partial charge in [0.15, 0.2) is 0 Å². The van der Waals surface area contributed by atoms with Gasteiger partial charge in [-0.1, -0.05) is 6.07 Å². The number of pyridine rings is 1. The lowest BCUT2D eigenvalue weighted by Gasteiger charge is -2.09. The first-order chi connectivity index (χ1) is 9.31. The van der Waals surface area contributed by atoms with Crippen molar-refractivity contribution in [3.63, 3.8) is 0 Å². The van der Waals surface area contributed by atoms with Crippen molar-refractivity contribution in [3.8, 4) is 0 Å². The van der Waals surface area contributed by atoms with Crippen molar-refractivity contribution in [2.24, 2.45) is 0 Å². The van der Waals surface area contributed by atoms with Crippen LogP contribution in [0, 0.1) is 0 Å². The Bertz CT molecular complexity index is 538. The Morgan fingerprint density at radius 1 is 1.42 bits per heavy atom. The first-order valence-corrected chi connectivity index (χ1v) is 6.23. The van der Waals surface area contributed by atoms with E-state index in [1.165, 1.54) is 0 Å². The average Bonchev–Trinajstić information content (AvgIpc) is 2.88. The fraction of sp³-hybridized carbons (Fsp3) is 0.385. The third kappa shape index (κ3) is 3.69. The Kier molecular flexibility index (Phi) is 4.74. The minimum absolute atomic E-state index is 0.0161. The van der Waals surface area contributed by atoms with Crippen LogP contribution in [0.25, 0.3) is 5.65 Å². The summed E-state index contributed by atoms with van der Waals surface area (Å²) in [4.78, 5) is 15.7. The molecule has 0 saturated carbocycles. The zero-order valence-corrected chi connectivity index (χ0v) is 10.9. The lowest BCUT2D eigenvalue weighted by Crippen LogP contribution is -2.28. The number of hydrogen-bond donors (Lipinski definition) is 2. The van der Waals surface area contributed by atoms with Crippen LogP contribution < -0.4 is 10.6 Å². The minimum atomic E-state index is 0.0161. The minimum Gasteiger partial charge on any atom is -0.383 e. The number of anilines is 1. The number of nitrogens with zero attached hydrogens (tertiary/aromatic N) is 2. The monoisotopic (exact) mass is 262 g/mol. The van der Waals surface area contributed by atoms with E-state index in [2.05, 4.69) is 15.6 Å². The van der Waals surface area contributed by atoms with Gasteiger partial charge in [0.25, 0.3) is 0 Å². The van der Waals surface area contributed by atoms with E-state index >= 15 is 0 Å². The molecule has 0 aliphatic heterocycles. The number of methoxy groups -OCH3 is 1. The van der Waals surface area contributed by atoms with Gasteiger partial charge < -0.3 is 15.4 Å². The van der Waals surface area contributed by atoms with Crippen LogP contribution in [0.1, 0.15) is 6.42 Å². The molecule has 1 amide bonds. The fourth-order valence-corrected chi connectivity index (χ4v) is 1.78. The maximum atomic E-state index is 11.5. The molecular formula is C13H18N4O2. The summed E-state index contributed by atoms with van der Waals surface area (Å²) in [5.74, 6) is 0.946. The summed E-state index contributed by atoms with van der Waals surface area (Å²) in [5.41, 5.74) is 0.884. The summed E-state index contributed by atoms with van der Waals surface area (Å²) < 4.78 is 6.81. The zero-order chi connectivity index (χ0) is 13.5. The summed E-state index contributed by atoms with van der Waals surface area (Å²) in [7, 11) is 1.61. The normalized spacial score (nSPS) is 10.6. The van der Waals surface area contributed by atoms with Gasteiger partial charge >= 0.3 is 0 Å². The molecule has 0 atom stereocenters. The van der Waals surface area contributed by atoms with Gasteiger partial charge in [0.1, 0.15) is 11.5 Å². The molecule has 2 rings (SSSR count). The van der Waals surface area contributed by atoms with E-state index in [-0.39, 0.29) is 5.91 Å². The number of amides is 1. The van der Waals surface area contributed by atoms with Crippen molar-refractivity contribution in [2.75, 3.05) is 32.1 Å². The van der Waals surface area contributed by atoms with Crippen LogP contribution in [0.15, 0.2) is 30.6 Å². The maximum absolute atomic E-state index is 11.5. The number of hydrogen-bond acceptors (Lipinski definition) is 4. The van der Waals surface area contributed by atoms with Crippen LogP contribution in [-0.4, -0.2) is 42.1 Å². The Labute approximate surface area is 111 Å². The summed E-state index contributed by atoms with van der Waals surface area (Å²) in [6.07, 6.45) is 4.06. The van der Waals surface area contributed by atoms with Crippen LogP contribution in [0.2, 0.25) is 0 Å². The highest BCUT2D eigenvalue weighted by Gasteiger charge is 2.02. The van der Waals surface area contributed by atoms with Crippen molar-refractivity contribution in [1.29, 1.82) is 0 Å². The quantitative estimate of drug-likeness (QED) is 0.727. The molecule has 2 N–H and O–H groups in total. The van der Waals surface area contributed by atoms with E-state index < -0.39 is 0 Å². The van der Waals surface area contributed by atoms with E-state index in [1.807, 2.05) is 28.8 Å². The standard InChI is InChI=1S/C13H18N4O2/c1-19-10-8-16-13(18)5-6-14-11-3-2-4-12-15-7-9-17(11)12/h2-4,7,9,14H,5-6,8,10H2,1H3,(H,16,18). The van der Waals surface area contributed by atoms with Gasteiger partial charge in [0.05, 0.1) is 6.61 Å². The Morgan fingerprint density at radius 2 is 2.32 bits per heavy atom. The Morgan fingerprint density at radius 3 is 3.16 bits per heavy atom. The van der Waals surface area contributed by atoms with Crippen molar-refractivity contribution < 1.29 is 9.53 Å². The summed E-state index contributed by atoms with van der Waals surface area (Å²) >= 11 is 0. The maximum Gasteiger partial charge on any atom is 0.221 e.